The van der Waals surface area contributed by atoms with Gasteiger partial charge in [0.05, 0.1) is 21.5 Å². The molecule has 1 aliphatic heterocycles. The maximum atomic E-state index is 11.7. The van der Waals surface area contributed by atoms with E-state index in [1.54, 1.807) is 23.9 Å². The van der Waals surface area contributed by atoms with Crippen LogP contribution in [0.1, 0.15) is 9.67 Å². The van der Waals surface area contributed by atoms with Crippen molar-refractivity contribution in [2.24, 2.45) is 4.99 Å². The van der Waals surface area contributed by atoms with Crippen LogP contribution in [-0.4, -0.2) is 28.2 Å². The number of hydrogen-bond donors (Lipinski definition) is 0. The van der Waals surface area contributed by atoms with Gasteiger partial charge in [-0.1, -0.05) is 35.1 Å². The first-order chi connectivity index (χ1) is 7.25. The Bertz CT molecular complexity index is 402. The number of thioether (sulfide) groups is 2. The summed E-state index contributed by atoms with van der Waals surface area (Å²) < 4.78 is 1.70. The van der Waals surface area contributed by atoms with Crippen molar-refractivity contribution in [2.75, 3.05) is 18.1 Å². The lowest BCUT2D eigenvalue weighted by molar-refractivity contribution is 0.102. The molecule has 0 spiro atoms. The molecule has 0 saturated heterocycles. The van der Waals surface area contributed by atoms with Crippen LogP contribution in [0.5, 0.6) is 0 Å². The highest BCUT2D eigenvalue weighted by Crippen LogP contribution is 2.26. The van der Waals surface area contributed by atoms with Crippen LogP contribution in [-0.2, 0) is 0 Å². The Morgan fingerprint density at radius 3 is 3.07 bits per heavy atom. The van der Waals surface area contributed by atoms with Gasteiger partial charge in [0.2, 0.25) is 0 Å². The number of ketones is 1. The molecule has 0 aliphatic carbocycles. The highest BCUT2D eigenvalue weighted by molar-refractivity contribution is 8.39. The summed E-state index contributed by atoms with van der Waals surface area (Å²) in [7, 11) is 0. The smallest absolute Gasteiger partial charge is 0.183 e. The minimum atomic E-state index is 0.132. The minimum absolute atomic E-state index is 0.132. The molecular weight excluding hydrogens is 270 g/mol. The van der Waals surface area contributed by atoms with Gasteiger partial charge in [0, 0.05) is 5.75 Å². The molecule has 1 aromatic rings. The van der Waals surface area contributed by atoms with E-state index in [-0.39, 0.29) is 5.78 Å². The molecule has 0 bridgehead atoms. The first-order valence-corrected chi connectivity index (χ1v) is 7.51. The fraction of sp³-hybridized carbons (Fsp3) is 0.333. The average molecular weight is 278 g/mol. The van der Waals surface area contributed by atoms with Crippen LogP contribution in [0.4, 0.5) is 0 Å². The normalized spacial score (nSPS) is 15.4. The van der Waals surface area contributed by atoms with Crippen LogP contribution in [0, 0.1) is 0 Å². The van der Waals surface area contributed by atoms with Crippen LogP contribution < -0.4 is 0 Å². The number of aliphatic imine (C=N–C) groups is 1. The number of nitrogens with zero attached hydrogens (tertiary/aromatic N) is 1. The molecule has 80 valence electrons. The lowest BCUT2D eigenvalue weighted by atomic mass is 10.4. The van der Waals surface area contributed by atoms with E-state index in [9.17, 15) is 4.79 Å². The molecule has 0 aromatic carbocycles. The van der Waals surface area contributed by atoms with Crippen molar-refractivity contribution in [1.82, 2.24) is 0 Å². The zero-order valence-corrected chi connectivity index (χ0v) is 10.9. The maximum Gasteiger partial charge on any atom is 0.183 e. The zero-order valence-electron chi connectivity index (χ0n) is 7.73. The van der Waals surface area contributed by atoms with Gasteiger partial charge in [-0.15, -0.1) is 11.3 Å². The van der Waals surface area contributed by atoms with Crippen molar-refractivity contribution in [3.8, 4) is 0 Å². The molecule has 0 unspecified atom stereocenters. The molecule has 15 heavy (non-hydrogen) atoms. The Kier molecular flexibility index (Phi) is 4.13. The van der Waals surface area contributed by atoms with E-state index in [1.165, 1.54) is 23.1 Å². The number of hydrogen-bond acceptors (Lipinski definition) is 5. The van der Waals surface area contributed by atoms with Crippen molar-refractivity contribution in [1.29, 1.82) is 0 Å². The first-order valence-electron chi connectivity index (χ1n) is 4.34. The fourth-order valence-corrected chi connectivity index (χ4v) is 4.03. The second kappa shape index (κ2) is 5.39. The molecule has 1 aromatic heterocycles. The van der Waals surface area contributed by atoms with E-state index in [1.807, 2.05) is 0 Å². The van der Waals surface area contributed by atoms with Gasteiger partial charge >= 0.3 is 0 Å². The first kappa shape index (κ1) is 11.5. The number of carbonyl (C=O) groups excluding carboxylic acids is 1. The van der Waals surface area contributed by atoms with E-state index in [0.29, 0.717) is 10.1 Å². The number of rotatable bonds is 3. The largest absolute Gasteiger partial charge is 0.292 e. The van der Waals surface area contributed by atoms with Crippen molar-refractivity contribution in [2.45, 2.75) is 0 Å². The predicted octanol–water partition coefficient (Wildman–Crippen LogP) is 3.42. The molecule has 2 nitrogen and oxygen atoms in total. The highest BCUT2D eigenvalue weighted by Gasteiger charge is 2.13. The van der Waals surface area contributed by atoms with E-state index < -0.39 is 0 Å². The standard InChI is InChI=1S/C9H8ClNOS3/c10-8-2-1-7(15-8)6(12)5-14-9-11-3-4-13-9/h1-2H,3-5H2. The van der Waals surface area contributed by atoms with Crippen molar-refractivity contribution in [3.63, 3.8) is 0 Å². The van der Waals surface area contributed by atoms with Gasteiger partial charge in [0.1, 0.15) is 4.38 Å². The van der Waals surface area contributed by atoms with Crippen LogP contribution in [0.25, 0.3) is 0 Å². The maximum absolute atomic E-state index is 11.7. The summed E-state index contributed by atoms with van der Waals surface area (Å²) in [4.78, 5) is 16.7. The molecular formula is C9H8ClNOS3. The lowest BCUT2D eigenvalue weighted by Gasteiger charge is -1.97. The van der Waals surface area contributed by atoms with Gasteiger partial charge in [-0.3, -0.25) is 9.79 Å². The van der Waals surface area contributed by atoms with Crippen molar-refractivity contribution < 1.29 is 4.79 Å². The van der Waals surface area contributed by atoms with Crippen LogP contribution in [0.3, 0.4) is 0 Å². The second-order valence-electron chi connectivity index (χ2n) is 2.81. The summed E-state index contributed by atoms with van der Waals surface area (Å²) in [6, 6.07) is 3.53. The van der Waals surface area contributed by atoms with Gasteiger partial charge in [-0.25, -0.2) is 0 Å². The topological polar surface area (TPSA) is 29.4 Å². The minimum Gasteiger partial charge on any atom is -0.292 e. The SMILES string of the molecule is O=C(CSC1=NCCS1)c1ccc(Cl)s1. The van der Waals surface area contributed by atoms with E-state index in [0.717, 1.165) is 21.6 Å². The number of Topliss-reactive ketones (excluding diaryl/α,β-unsaturated/α-hetero) is 1. The molecule has 6 heteroatoms. The van der Waals surface area contributed by atoms with E-state index >= 15 is 0 Å². The Labute approximate surface area is 105 Å². The summed E-state index contributed by atoms with van der Waals surface area (Å²) in [6.45, 7) is 0.881. The van der Waals surface area contributed by atoms with Crippen LogP contribution in [0.2, 0.25) is 4.34 Å². The van der Waals surface area contributed by atoms with Crippen molar-refractivity contribution >= 4 is 56.6 Å². The van der Waals surface area contributed by atoms with E-state index in [2.05, 4.69) is 4.99 Å². The lowest BCUT2D eigenvalue weighted by Crippen LogP contribution is -2.00. The monoisotopic (exact) mass is 277 g/mol. The quantitative estimate of drug-likeness (QED) is 0.793. The number of thiophene rings is 1. The van der Waals surface area contributed by atoms with Gasteiger partial charge in [-0.05, 0) is 12.1 Å². The Hall–Kier alpha value is 0.0300. The third kappa shape index (κ3) is 3.24. The van der Waals surface area contributed by atoms with Crippen molar-refractivity contribution in [3.05, 3.63) is 21.3 Å². The number of halogens is 1. The molecule has 1 aliphatic rings. The molecule has 0 saturated carbocycles. The predicted molar refractivity (Wildman–Crippen MR) is 70.9 cm³/mol. The molecule has 0 N–H and O–H groups in total. The third-order valence-corrected chi connectivity index (χ3v) is 5.26. The molecule has 0 radical (unpaired) electrons. The summed E-state index contributed by atoms with van der Waals surface area (Å²) in [5.74, 6) is 1.64. The van der Waals surface area contributed by atoms with E-state index in [4.69, 9.17) is 11.6 Å². The van der Waals surface area contributed by atoms with Gasteiger partial charge in [0.25, 0.3) is 0 Å². The summed E-state index contributed by atoms with van der Waals surface area (Å²) in [6.07, 6.45) is 0. The highest BCUT2D eigenvalue weighted by atomic mass is 35.5. The molecule has 0 amide bonds. The average Bonchev–Trinajstić information content (AvgIpc) is 2.84. The Balaban J connectivity index is 1.87. The molecule has 2 rings (SSSR count). The van der Waals surface area contributed by atoms with Crippen LogP contribution >= 0.6 is 46.5 Å². The molecule has 0 atom stereocenters. The second-order valence-corrected chi connectivity index (χ2v) is 6.83. The summed E-state index contributed by atoms with van der Waals surface area (Å²) in [5.41, 5.74) is 0. The van der Waals surface area contributed by atoms with Gasteiger partial charge < -0.3 is 0 Å². The Morgan fingerprint density at radius 2 is 2.47 bits per heavy atom. The van der Waals surface area contributed by atoms with Crippen LogP contribution in [0.15, 0.2) is 17.1 Å². The zero-order chi connectivity index (χ0) is 10.7. The van der Waals surface area contributed by atoms with Gasteiger partial charge in [-0.2, -0.15) is 0 Å². The number of carbonyl (C=O) groups is 1. The molecule has 0 fully saturated rings. The van der Waals surface area contributed by atoms with Gasteiger partial charge in [0.15, 0.2) is 5.78 Å². The summed E-state index contributed by atoms with van der Waals surface area (Å²) in [5, 5.41) is 0. The Morgan fingerprint density at radius 1 is 1.60 bits per heavy atom. The fourth-order valence-electron chi connectivity index (χ4n) is 1.07. The third-order valence-electron chi connectivity index (χ3n) is 1.73. The summed E-state index contributed by atoms with van der Waals surface area (Å²) >= 11 is 10.3. The molecule has 2 heterocycles.